The number of hydrogen-bond acceptors (Lipinski definition) is 7. The second-order valence-electron chi connectivity index (χ2n) is 6.95. The first-order valence-electron chi connectivity index (χ1n) is 9.14. The van der Waals surface area contributed by atoms with E-state index in [2.05, 4.69) is 0 Å². The Labute approximate surface area is 172 Å². The Balaban J connectivity index is 0.00000240. The Bertz CT molecular complexity index is 1030. The molecule has 1 unspecified atom stereocenters. The molecule has 1 atom stereocenters. The van der Waals surface area contributed by atoms with Crippen molar-refractivity contribution in [1.29, 1.82) is 0 Å². The summed E-state index contributed by atoms with van der Waals surface area (Å²) in [4.78, 5) is 37.8. The Morgan fingerprint density at radius 2 is 1.66 bits per heavy atom. The Kier molecular flexibility index (Phi) is 5.64. The molecule has 0 spiro atoms. The third-order valence-electron chi connectivity index (χ3n) is 5.30. The average Bonchev–Trinajstić information content (AvgIpc) is 2.69. The summed E-state index contributed by atoms with van der Waals surface area (Å²) in [5, 5.41) is 21.8. The predicted octanol–water partition coefficient (Wildman–Crippen LogP) is 2.56. The molecule has 4 rings (SSSR count). The molecule has 0 aliphatic heterocycles. The number of hydrogen-bond donors (Lipinski definition) is 3. The van der Waals surface area contributed by atoms with Crippen molar-refractivity contribution < 1.29 is 29.3 Å². The lowest BCUT2D eigenvalue weighted by Crippen LogP contribution is -2.25. The van der Waals surface area contributed by atoms with E-state index in [1.54, 1.807) is 12.1 Å². The first-order chi connectivity index (χ1) is 13.5. The molecule has 0 amide bonds. The molecule has 29 heavy (non-hydrogen) atoms. The SMILES string of the molecule is Cl.NCCC(=O)OC1CCCc2c(O)c3c(c(O)c21)C(=O)c1ccccc1C3=O. The molecule has 0 saturated heterocycles. The number of ketones is 2. The van der Waals surface area contributed by atoms with Gasteiger partial charge in [-0.25, -0.2) is 0 Å². The molecule has 0 heterocycles. The van der Waals surface area contributed by atoms with Crippen molar-refractivity contribution >= 4 is 29.9 Å². The highest BCUT2D eigenvalue weighted by atomic mass is 35.5. The minimum Gasteiger partial charge on any atom is -0.507 e. The number of phenolic OH excluding ortho intramolecular Hbond substituents is 2. The summed E-state index contributed by atoms with van der Waals surface area (Å²) >= 11 is 0. The van der Waals surface area contributed by atoms with Crippen molar-refractivity contribution in [1.82, 2.24) is 0 Å². The van der Waals surface area contributed by atoms with E-state index in [0.29, 0.717) is 24.8 Å². The van der Waals surface area contributed by atoms with Crippen LogP contribution >= 0.6 is 12.4 Å². The van der Waals surface area contributed by atoms with E-state index in [-0.39, 0.29) is 58.9 Å². The molecule has 2 aromatic carbocycles. The summed E-state index contributed by atoms with van der Waals surface area (Å²) in [6.07, 6.45) is 0.648. The topological polar surface area (TPSA) is 127 Å². The number of halogens is 1. The number of carbonyl (C=O) groups is 3. The minimum atomic E-state index is -0.806. The number of aromatic hydroxyl groups is 2. The first kappa shape index (κ1) is 20.8. The molecule has 2 aliphatic rings. The van der Waals surface area contributed by atoms with E-state index >= 15 is 0 Å². The van der Waals surface area contributed by atoms with Crippen molar-refractivity contribution in [3.05, 3.63) is 57.6 Å². The monoisotopic (exact) mass is 417 g/mol. The molecule has 0 bridgehead atoms. The first-order valence-corrected chi connectivity index (χ1v) is 9.14. The zero-order chi connectivity index (χ0) is 20.0. The van der Waals surface area contributed by atoms with Crippen LogP contribution in [0, 0.1) is 0 Å². The van der Waals surface area contributed by atoms with Gasteiger partial charge in [0.1, 0.15) is 17.6 Å². The lowest BCUT2D eigenvalue weighted by Gasteiger charge is -2.30. The molecule has 0 fully saturated rings. The summed E-state index contributed by atoms with van der Waals surface area (Å²) in [6.45, 7) is 0.129. The van der Waals surface area contributed by atoms with Gasteiger partial charge < -0.3 is 20.7 Å². The Morgan fingerprint density at radius 1 is 1.07 bits per heavy atom. The Hall–Kier alpha value is -2.90. The highest BCUT2D eigenvalue weighted by Gasteiger charge is 2.40. The van der Waals surface area contributed by atoms with Gasteiger partial charge in [0.05, 0.1) is 17.5 Å². The maximum Gasteiger partial charge on any atom is 0.307 e. The van der Waals surface area contributed by atoms with E-state index in [9.17, 15) is 24.6 Å². The lowest BCUT2D eigenvalue weighted by molar-refractivity contribution is -0.150. The maximum atomic E-state index is 13.0. The van der Waals surface area contributed by atoms with Gasteiger partial charge in [-0.3, -0.25) is 14.4 Å². The number of benzene rings is 2. The van der Waals surface area contributed by atoms with Gasteiger partial charge in [0.2, 0.25) is 0 Å². The molecule has 0 aromatic heterocycles. The number of nitrogens with two attached hydrogens (primary N) is 1. The number of esters is 1. The van der Waals surface area contributed by atoms with Crippen molar-refractivity contribution in [3.63, 3.8) is 0 Å². The van der Waals surface area contributed by atoms with E-state index in [4.69, 9.17) is 10.5 Å². The van der Waals surface area contributed by atoms with E-state index in [0.717, 1.165) is 0 Å². The summed E-state index contributed by atoms with van der Waals surface area (Å²) < 4.78 is 5.43. The van der Waals surface area contributed by atoms with Crippen LogP contribution in [0.4, 0.5) is 0 Å². The van der Waals surface area contributed by atoms with Crippen LogP contribution < -0.4 is 5.73 Å². The summed E-state index contributed by atoms with van der Waals surface area (Å²) in [5.41, 5.74) is 5.86. The quantitative estimate of drug-likeness (QED) is 0.441. The summed E-state index contributed by atoms with van der Waals surface area (Å²) in [5.74, 6) is -2.30. The number of carbonyl (C=O) groups excluding carboxylic acids is 3. The van der Waals surface area contributed by atoms with Crippen molar-refractivity contribution in [2.24, 2.45) is 5.73 Å². The van der Waals surface area contributed by atoms with Crippen molar-refractivity contribution in [2.45, 2.75) is 31.8 Å². The van der Waals surface area contributed by atoms with Gasteiger partial charge in [-0.05, 0) is 19.3 Å². The third kappa shape index (κ3) is 3.16. The highest BCUT2D eigenvalue weighted by Crippen LogP contribution is 2.49. The number of phenols is 2. The molecule has 7 nitrogen and oxygen atoms in total. The van der Waals surface area contributed by atoms with Gasteiger partial charge in [-0.1, -0.05) is 24.3 Å². The number of fused-ring (bicyclic) bond motifs is 3. The minimum absolute atomic E-state index is 0. The normalized spacial score (nSPS) is 16.9. The molecular weight excluding hydrogens is 398 g/mol. The standard InChI is InChI=1S/C21H19NO6.ClH/c22-9-8-14(23)28-13-7-3-6-12-15(13)21(27)17-16(20(12)26)18(24)10-4-1-2-5-11(10)19(17)25;/h1-2,4-5,13,26-27H,3,6-9,22H2;1H. The van der Waals surface area contributed by atoms with Gasteiger partial charge in [0.15, 0.2) is 11.6 Å². The fourth-order valence-electron chi connectivity index (χ4n) is 4.05. The second kappa shape index (κ2) is 7.85. The fourth-order valence-corrected chi connectivity index (χ4v) is 4.05. The molecule has 2 aliphatic carbocycles. The van der Waals surface area contributed by atoms with Gasteiger partial charge in [-0.15, -0.1) is 12.4 Å². The molecule has 0 radical (unpaired) electrons. The second-order valence-corrected chi connectivity index (χ2v) is 6.95. The van der Waals surface area contributed by atoms with Crippen LogP contribution in [0.2, 0.25) is 0 Å². The molecule has 4 N–H and O–H groups in total. The number of rotatable bonds is 3. The zero-order valence-corrected chi connectivity index (χ0v) is 16.3. The predicted molar refractivity (Wildman–Crippen MR) is 106 cm³/mol. The van der Waals surface area contributed by atoms with Crippen molar-refractivity contribution in [2.75, 3.05) is 6.54 Å². The lowest BCUT2D eigenvalue weighted by atomic mass is 9.77. The number of ether oxygens (including phenoxy) is 1. The molecule has 8 heteroatoms. The molecule has 152 valence electrons. The fraction of sp³-hybridized carbons (Fsp3) is 0.286. The van der Waals surface area contributed by atoms with Crippen LogP contribution in [0.3, 0.4) is 0 Å². The summed E-state index contributed by atoms with van der Waals surface area (Å²) in [7, 11) is 0. The maximum absolute atomic E-state index is 13.0. The molecular formula is C21H20ClNO6. The zero-order valence-electron chi connectivity index (χ0n) is 15.4. The van der Waals surface area contributed by atoms with Gasteiger partial charge in [-0.2, -0.15) is 0 Å². The Morgan fingerprint density at radius 3 is 2.24 bits per heavy atom. The van der Waals surface area contributed by atoms with Crippen LogP contribution in [-0.4, -0.2) is 34.3 Å². The smallest absolute Gasteiger partial charge is 0.307 e. The van der Waals surface area contributed by atoms with Gasteiger partial charge in [0, 0.05) is 28.8 Å². The van der Waals surface area contributed by atoms with Crippen molar-refractivity contribution in [3.8, 4) is 11.5 Å². The van der Waals surface area contributed by atoms with E-state index in [1.165, 1.54) is 12.1 Å². The van der Waals surface area contributed by atoms with E-state index < -0.39 is 29.4 Å². The largest absolute Gasteiger partial charge is 0.507 e. The van der Waals surface area contributed by atoms with Crippen LogP contribution in [0.1, 0.15) is 68.3 Å². The van der Waals surface area contributed by atoms with Crippen LogP contribution in [0.15, 0.2) is 24.3 Å². The highest BCUT2D eigenvalue weighted by molar-refractivity contribution is 6.30. The van der Waals surface area contributed by atoms with Crippen LogP contribution in [0.25, 0.3) is 0 Å². The van der Waals surface area contributed by atoms with E-state index in [1.807, 2.05) is 0 Å². The molecule has 0 saturated carbocycles. The van der Waals surface area contributed by atoms with Gasteiger partial charge in [0.25, 0.3) is 0 Å². The summed E-state index contributed by atoms with van der Waals surface area (Å²) in [6, 6.07) is 6.29. The average molecular weight is 418 g/mol. The van der Waals surface area contributed by atoms with Gasteiger partial charge >= 0.3 is 5.97 Å². The van der Waals surface area contributed by atoms with Crippen LogP contribution in [-0.2, 0) is 16.0 Å². The van der Waals surface area contributed by atoms with Crippen LogP contribution in [0.5, 0.6) is 11.5 Å². The third-order valence-corrected chi connectivity index (χ3v) is 5.30. The molecule has 2 aromatic rings.